The minimum atomic E-state index is -1.15. The fourth-order valence-corrected chi connectivity index (χ4v) is 5.34. The number of hydrogen-bond acceptors (Lipinski definition) is 6. The van der Waals surface area contributed by atoms with E-state index in [0.29, 0.717) is 5.69 Å². The number of nitrogens with one attached hydrogen (secondary N) is 3. The van der Waals surface area contributed by atoms with Gasteiger partial charge in [0.1, 0.15) is 6.04 Å². The van der Waals surface area contributed by atoms with Gasteiger partial charge in [-0.15, -0.1) is 0 Å². The highest BCUT2D eigenvalue weighted by atomic mass is 35.5. The Bertz CT molecular complexity index is 1340. The van der Waals surface area contributed by atoms with Crippen molar-refractivity contribution in [2.24, 2.45) is 0 Å². The van der Waals surface area contributed by atoms with E-state index in [1.54, 1.807) is 12.1 Å². The van der Waals surface area contributed by atoms with Crippen LogP contribution >= 0.6 is 23.2 Å². The van der Waals surface area contributed by atoms with Crippen LogP contribution in [-0.4, -0.2) is 44.0 Å². The zero-order valence-corrected chi connectivity index (χ0v) is 22.9. The molecule has 0 bridgehead atoms. The number of carbonyl (C=O) groups is 3. The average molecular weight is 569 g/mol. The molecule has 0 radical (unpaired) electrons. The molecule has 39 heavy (non-hydrogen) atoms. The van der Waals surface area contributed by atoms with E-state index >= 15 is 0 Å². The SMILES string of the molecule is COC(=O)[C@H](CNC(=O)CN[C@H]1CCCc2ccc(N)cc21)NC(=O)c1c(Cl)cc(-c2ccccc2)cc1Cl. The molecular formula is C29H30Cl2N4O4. The molecule has 10 heteroatoms. The first-order valence-electron chi connectivity index (χ1n) is 12.6. The zero-order valence-electron chi connectivity index (χ0n) is 21.4. The number of rotatable bonds is 9. The summed E-state index contributed by atoms with van der Waals surface area (Å²) < 4.78 is 4.83. The van der Waals surface area contributed by atoms with Gasteiger partial charge in [0.2, 0.25) is 5.91 Å². The number of fused-ring (bicyclic) bond motifs is 1. The van der Waals surface area contributed by atoms with Gasteiger partial charge in [0.05, 0.1) is 29.3 Å². The van der Waals surface area contributed by atoms with E-state index in [1.807, 2.05) is 48.5 Å². The van der Waals surface area contributed by atoms with Crippen LogP contribution < -0.4 is 21.7 Å². The summed E-state index contributed by atoms with van der Waals surface area (Å²) in [6.45, 7) is -0.149. The molecule has 0 spiro atoms. The lowest BCUT2D eigenvalue weighted by atomic mass is 9.87. The average Bonchev–Trinajstić information content (AvgIpc) is 2.93. The molecule has 0 saturated heterocycles. The Morgan fingerprint density at radius 1 is 1.03 bits per heavy atom. The normalized spacial score (nSPS) is 15.1. The van der Waals surface area contributed by atoms with Crippen LogP contribution in [0.15, 0.2) is 60.7 Å². The molecule has 1 aliphatic rings. The molecule has 3 aromatic carbocycles. The van der Waals surface area contributed by atoms with E-state index in [1.165, 1.54) is 12.7 Å². The highest BCUT2D eigenvalue weighted by molar-refractivity contribution is 6.40. The van der Waals surface area contributed by atoms with Crippen molar-refractivity contribution in [2.75, 3.05) is 25.9 Å². The maximum Gasteiger partial charge on any atom is 0.330 e. The highest BCUT2D eigenvalue weighted by Crippen LogP contribution is 2.32. The Balaban J connectivity index is 1.37. The van der Waals surface area contributed by atoms with E-state index in [2.05, 4.69) is 16.0 Å². The van der Waals surface area contributed by atoms with Crippen molar-refractivity contribution in [3.63, 3.8) is 0 Å². The summed E-state index contributed by atoms with van der Waals surface area (Å²) in [6, 6.07) is 17.4. The van der Waals surface area contributed by atoms with E-state index in [4.69, 9.17) is 33.7 Å². The molecule has 2 amide bonds. The minimum Gasteiger partial charge on any atom is -0.467 e. The number of methoxy groups -OCH3 is 1. The van der Waals surface area contributed by atoms with Gasteiger partial charge in [-0.3, -0.25) is 9.59 Å². The fourth-order valence-electron chi connectivity index (χ4n) is 4.68. The van der Waals surface area contributed by atoms with Crippen molar-refractivity contribution < 1.29 is 19.1 Å². The summed E-state index contributed by atoms with van der Waals surface area (Å²) in [5.41, 5.74) is 10.6. The predicted molar refractivity (Wildman–Crippen MR) is 153 cm³/mol. The van der Waals surface area contributed by atoms with Crippen molar-refractivity contribution in [3.8, 4) is 11.1 Å². The second-order valence-electron chi connectivity index (χ2n) is 9.32. The summed E-state index contributed by atoms with van der Waals surface area (Å²) >= 11 is 12.8. The standard InChI is InChI=1S/C29H30Cl2N4O4/c1-39-29(38)25(15-34-26(36)16-33-24-9-5-8-18-10-11-20(32)14-21(18)24)35-28(37)27-22(30)12-19(13-23(27)31)17-6-3-2-4-7-17/h2-4,6-7,10-14,24-25,33H,5,8-9,15-16,32H2,1H3,(H,34,36)(H,35,37)/t24-,25-/m0/s1. The molecule has 204 valence electrons. The summed E-state index contributed by atoms with van der Waals surface area (Å²) in [5.74, 6) is -1.72. The van der Waals surface area contributed by atoms with Crippen molar-refractivity contribution in [1.82, 2.24) is 16.0 Å². The number of anilines is 1. The molecule has 5 N–H and O–H groups in total. The Labute approximate surface area is 237 Å². The first kappa shape index (κ1) is 28.4. The molecule has 2 atom stereocenters. The van der Waals surface area contributed by atoms with Gasteiger partial charge in [-0.05, 0) is 65.8 Å². The first-order valence-corrected chi connectivity index (χ1v) is 13.3. The third-order valence-corrected chi connectivity index (χ3v) is 7.26. The number of hydrogen-bond donors (Lipinski definition) is 4. The van der Waals surface area contributed by atoms with Crippen LogP contribution in [0.3, 0.4) is 0 Å². The number of esters is 1. The minimum absolute atomic E-state index is 0.00208. The van der Waals surface area contributed by atoms with Crippen LogP contribution in [0.1, 0.15) is 40.4 Å². The largest absolute Gasteiger partial charge is 0.467 e. The monoisotopic (exact) mass is 568 g/mol. The maximum absolute atomic E-state index is 13.1. The molecular weight excluding hydrogens is 539 g/mol. The molecule has 8 nitrogen and oxygen atoms in total. The number of benzene rings is 3. The van der Waals surface area contributed by atoms with Gasteiger partial charge in [-0.25, -0.2) is 4.79 Å². The highest BCUT2D eigenvalue weighted by Gasteiger charge is 2.26. The van der Waals surface area contributed by atoms with Crippen molar-refractivity contribution in [1.29, 1.82) is 0 Å². The van der Waals surface area contributed by atoms with Gasteiger partial charge in [0.25, 0.3) is 5.91 Å². The molecule has 0 aromatic heterocycles. The van der Waals surface area contributed by atoms with Gasteiger partial charge in [-0.2, -0.15) is 0 Å². The van der Waals surface area contributed by atoms with Crippen LogP contribution in [0.5, 0.6) is 0 Å². The topological polar surface area (TPSA) is 123 Å². The van der Waals surface area contributed by atoms with E-state index in [0.717, 1.165) is 36.0 Å². The van der Waals surface area contributed by atoms with E-state index < -0.39 is 17.9 Å². The Morgan fingerprint density at radius 3 is 2.44 bits per heavy atom. The number of carbonyl (C=O) groups excluding carboxylic acids is 3. The number of amides is 2. The number of ether oxygens (including phenoxy) is 1. The quantitative estimate of drug-likeness (QED) is 0.225. The summed E-state index contributed by atoms with van der Waals surface area (Å²) in [7, 11) is 1.20. The molecule has 0 unspecified atom stereocenters. The van der Waals surface area contributed by atoms with Gasteiger partial charge in [-0.1, -0.05) is 59.6 Å². The predicted octanol–water partition coefficient (Wildman–Crippen LogP) is 4.30. The fraction of sp³-hybridized carbons (Fsp3) is 0.276. The Morgan fingerprint density at radius 2 is 1.74 bits per heavy atom. The summed E-state index contributed by atoms with van der Waals surface area (Å²) in [6.07, 6.45) is 2.86. The lowest BCUT2D eigenvalue weighted by molar-refractivity contribution is -0.142. The van der Waals surface area contributed by atoms with Gasteiger partial charge >= 0.3 is 5.97 Å². The smallest absolute Gasteiger partial charge is 0.330 e. The lowest BCUT2D eigenvalue weighted by Gasteiger charge is -2.27. The number of halogens is 2. The van der Waals surface area contributed by atoms with Crippen LogP contribution in [0.2, 0.25) is 10.0 Å². The van der Waals surface area contributed by atoms with Gasteiger partial charge in [0, 0.05) is 18.3 Å². The van der Waals surface area contributed by atoms with Crippen LogP contribution in [0.4, 0.5) is 5.69 Å². The third kappa shape index (κ3) is 7.09. The lowest BCUT2D eigenvalue weighted by Crippen LogP contribution is -2.50. The summed E-state index contributed by atoms with van der Waals surface area (Å²) in [5, 5.41) is 8.78. The number of nitrogen functional groups attached to an aromatic ring is 1. The van der Waals surface area contributed by atoms with Crippen LogP contribution in [0.25, 0.3) is 11.1 Å². The molecule has 4 rings (SSSR count). The van der Waals surface area contributed by atoms with E-state index in [-0.39, 0.29) is 40.6 Å². The van der Waals surface area contributed by atoms with Crippen LogP contribution in [-0.2, 0) is 20.7 Å². The van der Waals surface area contributed by atoms with Crippen LogP contribution in [0, 0.1) is 0 Å². The molecule has 0 fully saturated rings. The second kappa shape index (κ2) is 13.0. The number of aryl methyl sites for hydroxylation is 1. The maximum atomic E-state index is 13.1. The second-order valence-corrected chi connectivity index (χ2v) is 10.1. The molecule has 0 heterocycles. The molecule has 1 aliphatic carbocycles. The van der Waals surface area contributed by atoms with Crippen molar-refractivity contribution >= 4 is 46.7 Å². The first-order chi connectivity index (χ1) is 18.8. The zero-order chi connectivity index (χ0) is 27.9. The van der Waals surface area contributed by atoms with Crippen molar-refractivity contribution in [3.05, 3.63) is 87.4 Å². The number of nitrogens with two attached hydrogens (primary N) is 1. The molecule has 0 saturated carbocycles. The Kier molecular flexibility index (Phi) is 9.45. The third-order valence-electron chi connectivity index (χ3n) is 6.66. The molecule has 0 aliphatic heterocycles. The summed E-state index contributed by atoms with van der Waals surface area (Å²) in [4.78, 5) is 38.1. The van der Waals surface area contributed by atoms with Gasteiger partial charge in [0.15, 0.2) is 0 Å². The van der Waals surface area contributed by atoms with Gasteiger partial charge < -0.3 is 26.4 Å². The molecule has 3 aromatic rings. The van der Waals surface area contributed by atoms with Crippen molar-refractivity contribution in [2.45, 2.75) is 31.3 Å². The Hall–Kier alpha value is -3.59. The van der Waals surface area contributed by atoms with E-state index in [9.17, 15) is 14.4 Å².